The van der Waals surface area contributed by atoms with Gasteiger partial charge in [0.2, 0.25) is 0 Å². The second kappa shape index (κ2) is 10.1. The molecule has 2 nitrogen and oxygen atoms in total. The van der Waals surface area contributed by atoms with E-state index >= 15 is 0 Å². The number of nitrogens with zero attached hydrogens (tertiary/aromatic N) is 1. The van der Waals surface area contributed by atoms with Gasteiger partial charge in [0.25, 0.3) is 0 Å². The van der Waals surface area contributed by atoms with Crippen LogP contribution in [0.5, 0.6) is 0 Å². The summed E-state index contributed by atoms with van der Waals surface area (Å²) in [6.07, 6.45) is 11.9. The van der Waals surface area contributed by atoms with Gasteiger partial charge in [-0.05, 0) is 12.8 Å². The first-order valence-corrected chi connectivity index (χ1v) is 7.57. The fourth-order valence-corrected chi connectivity index (χ4v) is 2.49. The Hall–Kier alpha value is 0.210. The van der Waals surface area contributed by atoms with E-state index in [9.17, 15) is 0 Å². The van der Waals surface area contributed by atoms with E-state index < -0.39 is 0 Å². The van der Waals surface area contributed by atoms with Crippen molar-refractivity contribution in [2.24, 2.45) is 0 Å². The van der Waals surface area contributed by atoms with Gasteiger partial charge < -0.3 is 21.6 Å². The third kappa shape index (κ3) is 10.2. The largest absolute Gasteiger partial charge is 1.00 e. The maximum absolute atomic E-state index is 5.31. The van der Waals surface area contributed by atoms with E-state index in [0.29, 0.717) is 6.10 Å². The number of quaternary nitrogens is 1. The van der Waals surface area contributed by atoms with Gasteiger partial charge in [0.05, 0.1) is 27.2 Å². The number of rotatable bonds is 11. The molecular weight excluding hydrogens is 246 g/mol. The van der Waals surface area contributed by atoms with Gasteiger partial charge in [-0.15, -0.1) is 0 Å². The quantitative estimate of drug-likeness (QED) is 0.306. The van der Waals surface area contributed by atoms with Crippen LogP contribution in [-0.2, 0) is 4.74 Å². The van der Waals surface area contributed by atoms with E-state index in [1.54, 1.807) is 0 Å². The molecule has 0 aromatic rings. The molecule has 1 aliphatic rings. The van der Waals surface area contributed by atoms with Crippen molar-refractivity contribution in [3.05, 3.63) is 0 Å². The van der Waals surface area contributed by atoms with Crippen LogP contribution in [0.4, 0.5) is 0 Å². The molecule has 0 N–H and O–H groups in total. The minimum atomic E-state index is 0. The van der Waals surface area contributed by atoms with Gasteiger partial charge in [0.1, 0.15) is 12.6 Å². The number of halogens is 1. The maximum atomic E-state index is 5.31. The summed E-state index contributed by atoms with van der Waals surface area (Å²) in [5.41, 5.74) is 0. The Balaban J connectivity index is 0.00000289. The van der Waals surface area contributed by atoms with Crippen LogP contribution >= 0.6 is 0 Å². The van der Waals surface area contributed by atoms with Gasteiger partial charge in [0, 0.05) is 0 Å². The summed E-state index contributed by atoms with van der Waals surface area (Å²) in [6, 6.07) is 0. The molecule has 3 heteroatoms. The number of ether oxygens (including phenoxy) is 1. The van der Waals surface area contributed by atoms with E-state index in [1.165, 1.54) is 64.5 Å². The summed E-state index contributed by atoms with van der Waals surface area (Å²) in [4.78, 5) is 0. The number of likely N-dealkylation sites (N-methyl/N-ethyl adjacent to an activating group) is 1. The van der Waals surface area contributed by atoms with Crippen molar-refractivity contribution < 1.29 is 21.6 Å². The smallest absolute Gasteiger partial charge is 0.130 e. The lowest BCUT2D eigenvalue weighted by molar-refractivity contribution is -0.891. The molecule has 0 aromatic heterocycles. The number of hydrogen-bond acceptors (Lipinski definition) is 1. The molecule has 0 spiro atoms. The number of hydrogen-bond donors (Lipinski definition) is 0. The second-order valence-corrected chi connectivity index (χ2v) is 6.27. The highest BCUT2D eigenvalue weighted by atomic mass is 35.5. The molecular formula is C15H32ClNO. The van der Waals surface area contributed by atoms with Crippen molar-refractivity contribution in [1.29, 1.82) is 0 Å². The molecule has 1 fully saturated rings. The van der Waals surface area contributed by atoms with Crippen LogP contribution in [-0.4, -0.2) is 44.4 Å². The lowest BCUT2D eigenvalue weighted by Crippen LogP contribution is -3.00. The minimum Gasteiger partial charge on any atom is -1.00 e. The van der Waals surface area contributed by atoms with Crippen LogP contribution in [0.2, 0.25) is 0 Å². The first-order valence-electron chi connectivity index (χ1n) is 7.57. The Bertz CT molecular complexity index is 193. The lowest BCUT2D eigenvalue weighted by Gasteiger charge is -2.29. The Morgan fingerprint density at radius 3 is 1.94 bits per heavy atom. The van der Waals surface area contributed by atoms with Crippen molar-refractivity contribution in [2.45, 2.75) is 64.4 Å². The topological polar surface area (TPSA) is 12.5 Å². The summed E-state index contributed by atoms with van der Waals surface area (Å²) in [7, 11) is 4.67. The molecule has 0 aliphatic carbocycles. The van der Waals surface area contributed by atoms with Gasteiger partial charge >= 0.3 is 0 Å². The zero-order valence-corrected chi connectivity index (χ0v) is 13.3. The van der Waals surface area contributed by atoms with E-state index in [1.807, 2.05) is 0 Å². The van der Waals surface area contributed by atoms with Gasteiger partial charge in [-0.3, -0.25) is 0 Å². The third-order valence-corrected chi connectivity index (χ3v) is 3.72. The summed E-state index contributed by atoms with van der Waals surface area (Å²) < 4.78 is 6.45. The fraction of sp³-hybridized carbons (Fsp3) is 1.00. The molecule has 0 radical (unpaired) electrons. The minimum absolute atomic E-state index is 0. The monoisotopic (exact) mass is 277 g/mol. The van der Waals surface area contributed by atoms with Crippen LogP contribution in [0.1, 0.15) is 58.3 Å². The standard InChI is InChI=1S/C15H32NO.ClH/c1-4-5-6-7-8-9-10-11-12-16(2,3)13-15-14-17-15;/h15H,4-14H2,1-3H3;1H/q+1;/p-1. The predicted molar refractivity (Wildman–Crippen MR) is 74.2 cm³/mol. The molecule has 0 amide bonds. The van der Waals surface area contributed by atoms with Crippen molar-refractivity contribution in [2.75, 3.05) is 33.8 Å². The molecule has 18 heavy (non-hydrogen) atoms. The molecule has 1 rings (SSSR count). The van der Waals surface area contributed by atoms with Crippen molar-refractivity contribution >= 4 is 0 Å². The molecule has 1 unspecified atom stereocenters. The van der Waals surface area contributed by atoms with Crippen LogP contribution in [0.3, 0.4) is 0 Å². The maximum Gasteiger partial charge on any atom is 0.130 e. The molecule has 1 aliphatic heterocycles. The zero-order chi connectivity index (χ0) is 12.6. The van der Waals surface area contributed by atoms with E-state index in [-0.39, 0.29) is 12.4 Å². The van der Waals surface area contributed by atoms with Gasteiger partial charge in [0.15, 0.2) is 0 Å². The van der Waals surface area contributed by atoms with Crippen molar-refractivity contribution in [3.8, 4) is 0 Å². The summed E-state index contributed by atoms with van der Waals surface area (Å²) in [5, 5.41) is 0. The SMILES string of the molecule is CCCCCCCCCC[N+](C)(C)CC1CO1.[Cl-]. The lowest BCUT2D eigenvalue weighted by atomic mass is 10.1. The van der Waals surface area contributed by atoms with E-state index in [2.05, 4.69) is 21.0 Å². The van der Waals surface area contributed by atoms with Crippen LogP contribution in [0.25, 0.3) is 0 Å². The molecule has 110 valence electrons. The molecule has 0 saturated carbocycles. The summed E-state index contributed by atoms with van der Waals surface area (Å²) in [5.74, 6) is 0. The summed E-state index contributed by atoms with van der Waals surface area (Å²) in [6.45, 7) is 5.80. The third-order valence-electron chi connectivity index (χ3n) is 3.72. The van der Waals surface area contributed by atoms with Gasteiger partial charge in [-0.2, -0.15) is 0 Å². The number of epoxide rings is 1. The van der Waals surface area contributed by atoms with Crippen LogP contribution < -0.4 is 12.4 Å². The highest BCUT2D eigenvalue weighted by Crippen LogP contribution is 2.15. The Kier molecular flexibility index (Phi) is 10.2. The zero-order valence-electron chi connectivity index (χ0n) is 12.6. The summed E-state index contributed by atoms with van der Waals surface area (Å²) >= 11 is 0. The Labute approximate surface area is 120 Å². The molecule has 0 bridgehead atoms. The predicted octanol–water partition coefficient (Wildman–Crippen LogP) is 0.606. The molecule has 1 heterocycles. The normalized spacial score (nSPS) is 18.5. The van der Waals surface area contributed by atoms with Gasteiger partial charge in [-0.25, -0.2) is 0 Å². The molecule has 0 aromatic carbocycles. The van der Waals surface area contributed by atoms with Crippen molar-refractivity contribution in [1.82, 2.24) is 0 Å². The van der Waals surface area contributed by atoms with Crippen LogP contribution in [0, 0.1) is 0 Å². The first kappa shape index (κ1) is 18.2. The highest BCUT2D eigenvalue weighted by Gasteiger charge is 2.30. The Morgan fingerprint density at radius 2 is 1.44 bits per heavy atom. The van der Waals surface area contributed by atoms with Crippen molar-refractivity contribution in [3.63, 3.8) is 0 Å². The van der Waals surface area contributed by atoms with E-state index in [4.69, 9.17) is 4.74 Å². The fourth-order valence-electron chi connectivity index (χ4n) is 2.49. The average Bonchev–Trinajstić information content (AvgIpc) is 3.05. The van der Waals surface area contributed by atoms with Gasteiger partial charge in [-0.1, -0.05) is 45.4 Å². The molecule has 1 saturated heterocycles. The first-order chi connectivity index (χ1) is 8.14. The van der Waals surface area contributed by atoms with Crippen LogP contribution in [0.15, 0.2) is 0 Å². The number of unbranched alkanes of at least 4 members (excludes halogenated alkanes) is 7. The van der Waals surface area contributed by atoms with E-state index in [0.717, 1.165) is 11.1 Å². The Morgan fingerprint density at radius 1 is 0.944 bits per heavy atom. The molecule has 1 atom stereocenters. The second-order valence-electron chi connectivity index (χ2n) is 6.27. The average molecular weight is 278 g/mol. The highest BCUT2D eigenvalue weighted by molar-refractivity contribution is 4.67.